The van der Waals surface area contributed by atoms with Gasteiger partial charge in [-0.05, 0) is 31.6 Å². The highest BCUT2D eigenvalue weighted by molar-refractivity contribution is 5.84. The zero-order valence-corrected chi connectivity index (χ0v) is 15.1. The monoisotopic (exact) mass is 324 g/mol. The molecule has 6 heteroatoms. The van der Waals surface area contributed by atoms with E-state index in [1.54, 1.807) is 26.1 Å². The molecule has 0 radical (unpaired) electrons. The highest BCUT2D eigenvalue weighted by Gasteiger charge is 2.36. The number of aliphatic imine (C=N–C) groups is 1. The van der Waals surface area contributed by atoms with E-state index in [1.165, 1.54) is 19.3 Å². The van der Waals surface area contributed by atoms with Gasteiger partial charge in [0.15, 0.2) is 5.96 Å². The van der Waals surface area contributed by atoms with Gasteiger partial charge in [-0.2, -0.15) is 0 Å². The van der Waals surface area contributed by atoms with Crippen molar-refractivity contribution in [2.45, 2.75) is 32.6 Å². The molecule has 0 aliphatic heterocycles. The zero-order chi connectivity index (χ0) is 17.3. The van der Waals surface area contributed by atoms with Crippen molar-refractivity contribution in [3.63, 3.8) is 0 Å². The summed E-state index contributed by atoms with van der Waals surface area (Å²) < 4.78 is 5.23. The summed E-state index contributed by atoms with van der Waals surface area (Å²) in [6, 6.07) is 0. The third-order valence-electron chi connectivity index (χ3n) is 4.31. The van der Waals surface area contributed by atoms with E-state index in [0.29, 0.717) is 17.9 Å². The number of carbonyl (C=O) groups excluding carboxylic acids is 1. The minimum absolute atomic E-state index is 0.0147. The third-order valence-corrected chi connectivity index (χ3v) is 4.31. The first-order valence-corrected chi connectivity index (χ1v) is 8.24. The van der Waals surface area contributed by atoms with E-state index in [1.807, 2.05) is 6.92 Å². The van der Waals surface area contributed by atoms with Gasteiger partial charge in [-0.25, -0.2) is 4.99 Å². The molecule has 1 aliphatic rings. The van der Waals surface area contributed by atoms with Crippen LogP contribution in [0.2, 0.25) is 0 Å². The van der Waals surface area contributed by atoms with Gasteiger partial charge in [0, 0.05) is 40.9 Å². The molecule has 1 rings (SSSR count). The van der Waals surface area contributed by atoms with Gasteiger partial charge in [0.25, 0.3) is 0 Å². The number of methoxy groups -OCH3 is 1. The van der Waals surface area contributed by atoms with Crippen LogP contribution in [0.3, 0.4) is 0 Å². The quantitative estimate of drug-likeness (QED) is 0.382. The lowest BCUT2D eigenvalue weighted by Gasteiger charge is -2.42. The summed E-state index contributed by atoms with van der Waals surface area (Å²) in [5, 5.41) is 6.62. The second-order valence-electron chi connectivity index (χ2n) is 6.71. The third kappa shape index (κ3) is 7.03. The molecular weight excluding hydrogens is 292 g/mol. The van der Waals surface area contributed by atoms with Crippen molar-refractivity contribution >= 4 is 11.9 Å². The van der Waals surface area contributed by atoms with Crippen LogP contribution in [0.4, 0.5) is 0 Å². The smallest absolute Gasteiger partial charge is 0.243 e. The Bertz CT molecular complexity index is 428. The molecule has 0 atom stereocenters. The van der Waals surface area contributed by atoms with E-state index in [0.717, 1.165) is 25.1 Å². The highest BCUT2D eigenvalue weighted by Crippen LogP contribution is 2.43. The molecule has 0 heterocycles. The Kier molecular flexibility index (Phi) is 8.09. The fourth-order valence-electron chi connectivity index (χ4n) is 2.48. The van der Waals surface area contributed by atoms with Crippen LogP contribution in [-0.2, 0) is 9.53 Å². The van der Waals surface area contributed by atoms with E-state index >= 15 is 0 Å². The lowest BCUT2D eigenvalue weighted by Crippen LogP contribution is -2.47. The van der Waals surface area contributed by atoms with Gasteiger partial charge in [0.2, 0.25) is 5.91 Å². The number of rotatable bonds is 9. The number of nitrogens with one attached hydrogen (secondary N) is 2. The zero-order valence-electron chi connectivity index (χ0n) is 15.1. The number of hydrogen-bond donors (Lipinski definition) is 2. The molecule has 1 saturated carbocycles. The minimum Gasteiger partial charge on any atom is -0.385 e. The van der Waals surface area contributed by atoms with Crippen LogP contribution < -0.4 is 10.6 Å². The van der Waals surface area contributed by atoms with Gasteiger partial charge in [-0.1, -0.05) is 18.6 Å². The number of ether oxygens (including phenoxy) is 1. The molecule has 1 aliphatic carbocycles. The molecule has 23 heavy (non-hydrogen) atoms. The summed E-state index contributed by atoms with van der Waals surface area (Å²) in [5.41, 5.74) is 1.32. The van der Waals surface area contributed by atoms with Gasteiger partial charge in [-0.3, -0.25) is 4.79 Å². The lowest BCUT2D eigenvalue weighted by atomic mass is 9.67. The number of guanidine groups is 1. The SMILES string of the molecule is C=C(C)CNC(=NCC(=O)N(C)C)NCC1(CCOC)CCC1. The first-order chi connectivity index (χ1) is 10.9. The van der Waals surface area contributed by atoms with Crippen molar-refractivity contribution in [3.05, 3.63) is 12.2 Å². The Morgan fingerprint density at radius 3 is 2.52 bits per heavy atom. The van der Waals surface area contributed by atoms with E-state index in [2.05, 4.69) is 22.2 Å². The Morgan fingerprint density at radius 1 is 1.35 bits per heavy atom. The number of nitrogens with zero attached hydrogens (tertiary/aromatic N) is 2. The average Bonchev–Trinajstić information content (AvgIpc) is 2.46. The predicted molar refractivity (Wildman–Crippen MR) is 94.6 cm³/mol. The van der Waals surface area contributed by atoms with Crippen molar-refractivity contribution in [2.75, 3.05) is 47.4 Å². The van der Waals surface area contributed by atoms with E-state index in [9.17, 15) is 4.79 Å². The molecule has 0 aromatic carbocycles. The second kappa shape index (κ2) is 9.55. The Balaban J connectivity index is 2.58. The molecule has 132 valence electrons. The van der Waals surface area contributed by atoms with Crippen LogP contribution in [0.1, 0.15) is 32.6 Å². The van der Waals surface area contributed by atoms with Crippen molar-refractivity contribution < 1.29 is 9.53 Å². The van der Waals surface area contributed by atoms with E-state index in [-0.39, 0.29) is 12.5 Å². The summed E-state index contributed by atoms with van der Waals surface area (Å²) in [4.78, 5) is 17.7. The molecule has 0 aromatic rings. The molecule has 6 nitrogen and oxygen atoms in total. The predicted octanol–water partition coefficient (Wildman–Crippen LogP) is 1.39. The van der Waals surface area contributed by atoms with Crippen LogP contribution in [0.5, 0.6) is 0 Å². The fourth-order valence-corrected chi connectivity index (χ4v) is 2.48. The Labute approximate surface area is 140 Å². The molecule has 1 fully saturated rings. The minimum atomic E-state index is -0.0147. The fraction of sp³-hybridized carbons (Fsp3) is 0.765. The van der Waals surface area contributed by atoms with Gasteiger partial charge < -0.3 is 20.3 Å². The van der Waals surface area contributed by atoms with Gasteiger partial charge >= 0.3 is 0 Å². The van der Waals surface area contributed by atoms with Crippen LogP contribution in [0.25, 0.3) is 0 Å². The van der Waals surface area contributed by atoms with Crippen LogP contribution in [0.15, 0.2) is 17.1 Å². The largest absolute Gasteiger partial charge is 0.385 e. The number of hydrogen-bond acceptors (Lipinski definition) is 3. The van der Waals surface area contributed by atoms with Gasteiger partial charge in [-0.15, -0.1) is 0 Å². The molecule has 0 unspecified atom stereocenters. The Hall–Kier alpha value is -1.56. The first-order valence-electron chi connectivity index (χ1n) is 8.24. The lowest BCUT2D eigenvalue weighted by molar-refractivity contribution is -0.127. The number of amides is 1. The maximum Gasteiger partial charge on any atom is 0.243 e. The maximum atomic E-state index is 11.7. The number of likely N-dealkylation sites (N-methyl/N-ethyl adjacent to an activating group) is 1. The molecule has 0 aromatic heterocycles. The summed E-state index contributed by atoms with van der Waals surface area (Å²) in [5.74, 6) is 0.658. The maximum absolute atomic E-state index is 11.7. The summed E-state index contributed by atoms with van der Waals surface area (Å²) in [6.07, 6.45) is 4.76. The van der Waals surface area contributed by atoms with E-state index in [4.69, 9.17) is 4.74 Å². The van der Waals surface area contributed by atoms with Crippen LogP contribution >= 0.6 is 0 Å². The summed E-state index contributed by atoms with van der Waals surface area (Å²) in [7, 11) is 5.22. The summed E-state index contributed by atoms with van der Waals surface area (Å²) >= 11 is 0. The van der Waals surface area contributed by atoms with E-state index < -0.39 is 0 Å². The summed E-state index contributed by atoms with van der Waals surface area (Å²) in [6.45, 7) is 8.28. The topological polar surface area (TPSA) is 66.0 Å². The molecular formula is C17H32N4O2. The standard InChI is InChI=1S/C17H32N4O2/c1-14(2)11-18-16(19-12-15(22)21(3)4)20-13-17(7-6-8-17)9-10-23-5/h1,6-13H2,2-5H3,(H2,18,19,20). The van der Waals surface area contributed by atoms with Crippen molar-refractivity contribution in [1.82, 2.24) is 15.5 Å². The normalized spacial score (nSPS) is 16.4. The van der Waals surface area contributed by atoms with Gasteiger partial charge in [0.05, 0.1) is 0 Å². The van der Waals surface area contributed by atoms with Crippen LogP contribution in [-0.4, -0.2) is 64.2 Å². The molecule has 0 saturated heterocycles. The number of carbonyl (C=O) groups is 1. The molecule has 0 bridgehead atoms. The van der Waals surface area contributed by atoms with Crippen molar-refractivity contribution in [2.24, 2.45) is 10.4 Å². The van der Waals surface area contributed by atoms with Gasteiger partial charge in [0.1, 0.15) is 6.54 Å². The molecule has 2 N–H and O–H groups in total. The average molecular weight is 324 g/mol. The Morgan fingerprint density at radius 2 is 2.04 bits per heavy atom. The first kappa shape index (κ1) is 19.5. The van der Waals surface area contributed by atoms with Crippen LogP contribution in [0, 0.1) is 5.41 Å². The second-order valence-corrected chi connectivity index (χ2v) is 6.71. The van der Waals surface area contributed by atoms with Crippen molar-refractivity contribution in [3.8, 4) is 0 Å². The highest BCUT2D eigenvalue weighted by atomic mass is 16.5. The molecule has 1 amide bonds. The van der Waals surface area contributed by atoms with Crippen molar-refractivity contribution in [1.29, 1.82) is 0 Å². The molecule has 0 spiro atoms.